The van der Waals surface area contributed by atoms with Gasteiger partial charge in [-0.2, -0.15) is 0 Å². The number of pyridine rings is 1. The van der Waals surface area contributed by atoms with Crippen molar-refractivity contribution in [3.63, 3.8) is 0 Å². The molecular formula is C11H18N2O2. The monoisotopic (exact) mass is 210 g/mol. The summed E-state index contributed by atoms with van der Waals surface area (Å²) in [5, 5.41) is 9.16. The quantitative estimate of drug-likeness (QED) is 0.713. The Hall–Kier alpha value is -1.13. The number of anilines is 1. The van der Waals surface area contributed by atoms with Gasteiger partial charge in [0.05, 0.1) is 18.5 Å². The molecule has 0 bridgehead atoms. The Morgan fingerprint density at radius 3 is 3.00 bits per heavy atom. The molecule has 1 aromatic heterocycles. The molecule has 1 aromatic rings. The lowest BCUT2D eigenvalue weighted by molar-refractivity contribution is 0.196. The SMILES string of the molecule is COCCCN(C)c1cnccc1CO. The zero-order valence-corrected chi connectivity index (χ0v) is 9.31. The molecule has 1 heterocycles. The third-order valence-electron chi connectivity index (χ3n) is 2.31. The number of nitrogens with zero attached hydrogens (tertiary/aromatic N) is 2. The number of hydrogen-bond acceptors (Lipinski definition) is 4. The first-order valence-corrected chi connectivity index (χ1v) is 5.03. The second kappa shape index (κ2) is 6.37. The van der Waals surface area contributed by atoms with Gasteiger partial charge in [-0.25, -0.2) is 0 Å². The van der Waals surface area contributed by atoms with E-state index in [0.29, 0.717) is 0 Å². The fourth-order valence-electron chi connectivity index (χ4n) is 1.46. The smallest absolute Gasteiger partial charge is 0.0703 e. The van der Waals surface area contributed by atoms with Crippen LogP contribution in [-0.2, 0) is 11.3 Å². The molecule has 0 amide bonds. The van der Waals surface area contributed by atoms with Crippen molar-refractivity contribution in [1.82, 2.24) is 4.98 Å². The van der Waals surface area contributed by atoms with E-state index in [1.807, 2.05) is 13.1 Å². The van der Waals surface area contributed by atoms with Gasteiger partial charge in [-0.15, -0.1) is 0 Å². The highest BCUT2D eigenvalue weighted by atomic mass is 16.5. The number of rotatable bonds is 6. The first kappa shape index (κ1) is 11.9. The lowest BCUT2D eigenvalue weighted by Gasteiger charge is -2.21. The van der Waals surface area contributed by atoms with Crippen molar-refractivity contribution < 1.29 is 9.84 Å². The van der Waals surface area contributed by atoms with Crippen molar-refractivity contribution in [2.45, 2.75) is 13.0 Å². The first-order valence-electron chi connectivity index (χ1n) is 5.03. The van der Waals surface area contributed by atoms with Crippen molar-refractivity contribution in [3.05, 3.63) is 24.0 Å². The van der Waals surface area contributed by atoms with E-state index in [-0.39, 0.29) is 6.61 Å². The normalized spacial score (nSPS) is 10.3. The van der Waals surface area contributed by atoms with Crippen LogP contribution < -0.4 is 4.90 Å². The number of aliphatic hydroxyl groups is 1. The summed E-state index contributed by atoms with van der Waals surface area (Å²) in [5.74, 6) is 0. The summed E-state index contributed by atoms with van der Waals surface area (Å²) >= 11 is 0. The Morgan fingerprint density at radius 2 is 2.33 bits per heavy atom. The number of hydrogen-bond donors (Lipinski definition) is 1. The van der Waals surface area contributed by atoms with Crippen LogP contribution in [0.4, 0.5) is 5.69 Å². The Morgan fingerprint density at radius 1 is 1.53 bits per heavy atom. The molecular weight excluding hydrogens is 192 g/mol. The predicted octanol–water partition coefficient (Wildman–Crippen LogP) is 1.05. The zero-order valence-electron chi connectivity index (χ0n) is 9.31. The van der Waals surface area contributed by atoms with Crippen LogP contribution in [0.25, 0.3) is 0 Å². The fourth-order valence-corrected chi connectivity index (χ4v) is 1.46. The molecule has 0 unspecified atom stereocenters. The van der Waals surface area contributed by atoms with Crippen LogP contribution in [0.2, 0.25) is 0 Å². The molecule has 0 saturated carbocycles. The molecule has 0 aliphatic rings. The van der Waals surface area contributed by atoms with Gasteiger partial charge in [-0.3, -0.25) is 4.98 Å². The first-order chi connectivity index (χ1) is 7.29. The Bertz CT molecular complexity index is 292. The summed E-state index contributed by atoms with van der Waals surface area (Å²) < 4.78 is 4.99. The summed E-state index contributed by atoms with van der Waals surface area (Å²) in [6.07, 6.45) is 4.43. The summed E-state index contributed by atoms with van der Waals surface area (Å²) in [6, 6.07) is 1.84. The molecule has 4 heteroatoms. The topological polar surface area (TPSA) is 45.6 Å². The Balaban J connectivity index is 2.59. The van der Waals surface area contributed by atoms with Gasteiger partial charge in [0.25, 0.3) is 0 Å². The maximum atomic E-state index is 9.16. The van der Waals surface area contributed by atoms with Crippen molar-refractivity contribution in [3.8, 4) is 0 Å². The van der Waals surface area contributed by atoms with Crippen LogP contribution >= 0.6 is 0 Å². The maximum absolute atomic E-state index is 9.16. The molecule has 0 atom stereocenters. The highest BCUT2D eigenvalue weighted by molar-refractivity contribution is 5.50. The van der Waals surface area contributed by atoms with E-state index in [9.17, 15) is 0 Å². The molecule has 84 valence electrons. The highest BCUT2D eigenvalue weighted by Crippen LogP contribution is 2.17. The summed E-state index contributed by atoms with van der Waals surface area (Å²) in [4.78, 5) is 6.14. The summed E-state index contributed by atoms with van der Waals surface area (Å²) in [7, 11) is 3.69. The van der Waals surface area contributed by atoms with E-state index in [1.165, 1.54) is 0 Å². The van der Waals surface area contributed by atoms with Crippen molar-refractivity contribution in [2.75, 3.05) is 32.2 Å². The van der Waals surface area contributed by atoms with Crippen LogP contribution in [-0.4, -0.2) is 37.4 Å². The molecule has 1 rings (SSSR count). The summed E-state index contributed by atoms with van der Waals surface area (Å²) in [5.41, 5.74) is 1.89. The second-order valence-corrected chi connectivity index (χ2v) is 3.43. The van der Waals surface area contributed by atoms with Crippen molar-refractivity contribution in [2.24, 2.45) is 0 Å². The van der Waals surface area contributed by atoms with Gasteiger partial charge < -0.3 is 14.7 Å². The van der Waals surface area contributed by atoms with Gasteiger partial charge in [0.2, 0.25) is 0 Å². The lowest BCUT2D eigenvalue weighted by Crippen LogP contribution is -2.21. The minimum absolute atomic E-state index is 0.0481. The van der Waals surface area contributed by atoms with Gasteiger partial charge in [-0.1, -0.05) is 0 Å². The molecule has 0 radical (unpaired) electrons. The van der Waals surface area contributed by atoms with E-state index in [2.05, 4.69) is 9.88 Å². The molecule has 0 saturated heterocycles. The van der Waals surface area contributed by atoms with Crippen LogP contribution in [0.3, 0.4) is 0 Å². The molecule has 0 fully saturated rings. The van der Waals surface area contributed by atoms with E-state index in [1.54, 1.807) is 19.5 Å². The van der Waals surface area contributed by atoms with Gasteiger partial charge in [0, 0.05) is 39.1 Å². The molecule has 0 aliphatic heterocycles. The molecule has 0 aromatic carbocycles. The zero-order chi connectivity index (χ0) is 11.1. The molecule has 4 nitrogen and oxygen atoms in total. The van der Waals surface area contributed by atoms with Gasteiger partial charge in [0.15, 0.2) is 0 Å². The molecule has 0 aliphatic carbocycles. The van der Waals surface area contributed by atoms with Crippen LogP contribution in [0.5, 0.6) is 0 Å². The third-order valence-corrected chi connectivity index (χ3v) is 2.31. The average molecular weight is 210 g/mol. The summed E-state index contributed by atoms with van der Waals surface area (Å²) in [6.45, 7) is 1.69. The number of aliphatic hydroxyl groups excluding tert-OH is 1. The fraction of sp³-hybridized carbons (Fsp3) is 0.545. The number of aromatic nitrogens is 1. The largest absolute Gasteiger partial charge is 0.392 e. The number of methoxy groups -OCH3 is 1. The van der Waals surface area contributed by atoms with Crippen molar-refractivity contribution in [1.29, 1.82) is 0 Å². The van der Waals surface area contributed by atoms with Crippen LogP contribution in [0.1, 0.15) is 12.0 Å². The minimum Gasteiger partial charge on any atom is -0.392 e. The molecule has 15 heavy (non-hydrogen) atoms. The van der Waals surface area contributed by atoms with Gasteiger partial charge in [-0.05, 0) is 12.5 Å². The number of ether oxygens (including phenoxy) is 1. The van der Waals surface area contributed by atoms with Gasteiger partial charge >= 0.3 is 0 Å². The predicted molar refractivity (Wildman–Crippen MR) is 59.9 cm³/mol. The Labute approximate surface area is 90.5 Å². The third kappa shape index (κ3) is 3.49. The standard InChI is InChI=1S/C11H18N2O2/c1-13(6-3-7-15-2)11-8-12-5-4-10(11)9-14/h4-5,8,14H,3,6-7,9H2,1-2H3. The van der Waals surface area contributed by atoms with E-state index < -0.39 is 0 Å². The highest BCUT2D eigenvalue weighted by Gasteiger charge is 2.05. The maximum Gasteiger partial charge on any atom is 0.0703 e. The average Bonchev–Trinajstić information content (AvgIpc) is 2.29. The Kier molecular flexibility index (Phi) is 5.07. The van der Waals surface area contributed by atoms with E-state index in [4.69, 9.17) is 9.84 Å². The molecule has 0 spiro atoms. The van der Waals surface area contributed by atoms with Crippen LogP contribution in [0.15, 0.2) is 18.5 Å². The minimum atomic E-state index is 0.0481. The van der Waals surface area contributed by atoms with E-state index in [0.717, 1.165) is 30.8 Å². The molecule has 1 N–H and O–H groups in total. The van der Waals surface area contributed by atoms with Gasteiger partial charge in [0.1, 0.15) is 0 Å². The van der Waals surface area contributed by atoms with Crippen LogP contribution in [0, 0.1) is 0 Å². The lowest BCUT2D eigenvalue weighted by atomic mass is 10.2. The second-order valence-electron chi connectivity index (χ2n) is 3.43. The van der Waals surface area contributed by atoms with E-state index >= 15 is 0 Å². The van der Waals surface area contributed by atoms with Crippen molar-refractivity contribution >= 4 is 5.69 Å².